The molecule has 1 unspecified atom stereocenters. The van der Waals surface area contributed by atoms with E-state index in [4.69, 9.17) is 10.8 Å². The predicted molar refractivity (Wildman–Crippen MR) is 75.2 cm³/mol. The average molecular weight is 294 g/mol. The van der Waals surface area contributed by atoms with Gasteiger partial charge in [-0.15, -0.1) is 0 Å². The number of halogens is 1. The van der Waals surface area contributed by atoms with Crippen LogP contribution in [0.4, 0.5) is 4.39 Å². The van der Waals surface area contributed by atoms with E-state index >= 15 is 0 Å². The second-order valence-corrected chi connectivity index (χ2v) is 5.39. The number of primary amides is 1. The summed E-state index contributed by atoms with van der Waals surface area (Å²) in [6.07, 6.45) is 2.86. The number of likely N-dealkylation sites (tertiary alicyclic amines) is 1. The number of benzene rings is 1. The number of carboxylic acid groups (broad SMARTS) is 1. The van der Waals surface area contributed by atoms with Crippen LogP contribution in [-0.2, 0) is 11.3 Å². The molecule has 1 aliphatic heterocycles. The van der Waals surface area contributed by atoms with Crippen LogP contribution >= 0.6 is 0 Å². The molecule has 1 saturated heterocycles. The van der Waals surface area contributed by atoms with E-state index in [1.807, 2.05) is 4.90 Å². The van der Waals surface area contributed by atoms with Gasteiger partial charge in [-0.25, -0.2) is 4.39 Å². The van der Waals surface area contributed by atoms with Gasteiger partial charge in [0.2, 0.25) is 5.91 Å². The highest BCUT2D eigenvalue weighted by Crippen LogP contribution is 2.23. The van der Waals surface area contributed by atoms with Gasteiger partial charge < -0.3 is 10.8 Å². The average Bonchev–Trinajstić information content (AvgIpc) is 2.42. The molecule has 21 heavy (non-hydrogen) atoms. The number of piperidine rings is 1. The number of nitrogens with two attached hydrogens (primary N) is 1. The van der Waals surface area contributed by atoms with Crippen molar-refractivity contribution >= 4 is 11.9 Å². The molecule has 0 bridgehead atoms. The summed E-state index contributed by atoms with van der Waals surface area (Å²) in [6.45, 7) is 1.11. The van der Waals surface area contributed by atoms with Crippen LogP contribution in [0.2, 0.25) is 0 Å². The highest BCUT2D eigenvalue weighted by molar-refractivity contribution is 5.92. The van der Waals surface area contributed by atoms with Crippen molar-refractivity contribution in [2.24, 2.45) is 5.73 Å². The maximum Gasteiger partial charge on any atom is 0.304 e. The zero-order valence-corrected chi connectivity index (χ0v) is 11.7. The van der Waals surface area contributed by atoms with Crippen molar-refractivity contribution in [1.29, 1.82) is 0 Å². The second kappa shape index (κ2) is 6.67. The van der Waals surface area contributed by atoms with Crippen LogP contribution in [0.3, 0.4) is 0 Å². The van der Waals surface area contributed by atoms with Gasteiger partial charge in [0, 0.05) is 23.7 Å². The summed E-state index contributed by atoms with van der Waals surface area (Å²) < 4.78 is 14.0. The van der Waals surface area contributed by atoms with E-state index in [1.54, 1.807) is 6.07 Å². The van der Waals surface area contributed by atoms with Crippen molar-refractivity contribution in [2.75, 3.05) is 6.54 Å². The van der Waals surface area contributed by atoms with Crippen molar-refractivity contribution in [3.8, 4) is 0 Å². The van der Waals surface area contributed by atoms with Gasteiger partial charge in [-0.1, -0.05) is 12.5 Å². The van der Waals surface area contributed by atoms with Crippen molar-refractivity contribution in [3.05, 3.63) is 35.1 Å². The van der Waals surface area contributed by atoms with Gasteiger partial charge in [0.25, 0.3) is 0 Å². The van der Waals surface area contributed by atoms with E-state index < -0.39 is 17.7 Å². The SMILES string of the molecule is NC(=O)c1ccc(CN2CCCCC2CC(=O)O)c(F)c1. The Balaban J connectivity index is 2.11. The first-order valence-electron chi connectivity index (χ1n) is 7.01. The minimum Gasteiger partial charge on any atom is -0.481 e. The molecule has 5 nitrogen and oxygen atoms in total. The molecule has 1 aromatic rings. The first kappa shape index (κ1) is 15.4. The van der Waals surface area contributed by atoms with Crippen LogP contribution in [-0.4, -0.2) is 34.5 Å². The summed E-state index contributed by atoms with van der Waals surface area (Å²) in [5, 5.41) is 8.95. The molecule has 1 amide bonds. The fourth-order valence-corrected chi connectivity index (χ4v) is 2.75. The number of nitrogens with zero attached hydrogens (tertiary/aromatic N) is 1. The number of carbonyl (C=O) groups excluding carboxylic acids is 1. The van der Waals surface area contributed by atoms with E-state index in [0.717, 1.165) is 31.9 Å². The third-order valence-corrected chi connectivity index (χ3v) is 3.87. The highest BCUT2D eigenvalue weighted by Gasteiger charge is 2.25. The Labute approximate surface area is 122 Å². The molecule has 2 rings (SSSR count). The number of carboxylic acids is 1. The van der Waals surface area contributed by atoms with Crippen LogP contribution in [0.25, 0.3) is 0 Å². The Kier molecular flexibility index (Phi) is 4.90. The number of hydrogen-bond donors (Lipinski definition) is 2. The number of hydrogen-bond acceptors (Lipinski definition) is 3. The Morgan fingerprint density at radius 2 is 2.14 bits per heavy atom. The molecular formula is C15H19FN2O3. The molecule has 1 heterocycles. The Bertz CT molecular complexity index is 548. The van der Waals surface area contributed by atoms with Gasteiger partial charge >= 0.3 is 5.97 Å². The van der Waals surface area contributed by atoms with Crippen molar-refractivity contribution in [1.82, 2.24) is 4.90 Å². The maximum atomic E-state index is 14.0. The molecule has 0 saturated carbocycles. The molecule has 0 aliphatic carbocycles. The van der Waals surface area contributed by atoms with E-state index in [2.05, 4.69) is 0 Å². The lowest BCUT2D eigenvalue weighted by atomic mass is 9.98. The van der Waals surface area contributed by atoms with Crippen LogP contribution in [0, 0.1) is 5.82 Å². The smallest absolute Gasteiger partial charge is 0.304 e. The lowest BCUT2D eigenvalue weighted by molar-refractivity contribution is -0.138. The molecule has 1 aromatic carbocycles. The lowest BCUT2D eigenvalue weighted by Gasteiger charge is -2.35. The molecule has 0 radical (unpaired) electrons. The zero-order chi connectivity index (χ0) is 15.4. The largest absolute Gasteiger partial charge is 0.481 e. The summed E-state index contributed by atoms with van der Waals surface area (Å²) in [5.41, 5.74) is 5.70. The molecule has 0 aromatic heterocycles. The minimum atomic E-state index is -0.837. The summed E-state index contributed by atoms with van der Waals surface area (Å²) in [5.74, 6) is -1.98. The van der Waals surface area contributed by atoms with Gasteiger partial charge in [0.1, 0.15) is 5.82 Å². The van der Waals surface area contributed by atoms with Crippen LogP contribution < -0.4 is 5.73 Å². The molecule has 1 aliphatic rings. The summed E-state index contributed by atoms with van der Waals surface area (Å²) in [7, 11) is 0. The maximum absolute atomic E-state index is 14.0. The Morgan fingerprint density at radius 1 is 1.38 bits per heavy atom. The Hall–Kier alpha value is -1.95. The number of aliphatic carboxylic acids is 1. The van der Waals surface area contributed by atoms with Crippen molar-refractivity contribution in [3.63, 3.8) is 0 Å². The molecule has 1 fully saturated rings. The number of rotatable bonds is 5. The normalized spacial score (nSPS) is 19.4. The molecule has 1 atom stereocenters. The van der Waals surface area contributed by atoms with E-state index in [1.165, 1.54) is 6.07 Å². The van der Waals surface area contributed by atoms with E-state index in [0.29, 0.717) is 12.1 Å². The van der Waals surface area contributed by atoms with Gasteiger partial charge in [-0.3, -0.25) is 14.5 Å². The highest BCUT2D eigenvalue weighted by atomic mass is 19.1. The molecule has 6 heteroatoms. The predicted octanol–water partition coefficient (Wildman–Crippen LogP) is 1.75. The quantitative estimate of drug-likeness (QED) is 0.866. The van der Waals surface area contributed by atoms with Gasteiger partial charge in [-0.2, -0.15) is 0 Å². The first-order valence-corrected chi connectivity index (χ1v) is 7.01. The van der Waals surface area contributed by atoms with E-state index in [9.17, 15) is 14.0 Å². The monoisotopic (exact) mass is 294 g/mol. The number of carbonyl (C=O) groups is 2. The standard InChI is InChI=1S/C15H19FN2O3/c16-13-7-10(15(17)21)4-5-11(13)9-18-6-2-1-3-12(18)8-14(19)20/h4-5,7,12H,1-3,6,8-9H2,(H2,17,21)(H,19,20). The topological polar surface area (TPSA) is 83.6 Å². The fraction of sp³-hybridized carbons (Fsp3) is 0.467. The summed E-state index contributed by atoms with van der Waals surface area (Å²) >= 11 is 0. The van der Waals surface area contributed by atoms with Crippen LogP contribution in [0.1, 0.15) is 41.6 Å². The van der Waals surface area contributed by atoms with Gasteiger partial charge in [0.05, 0.1) is 6.42 Å². The van der Waals surface area contributed by atoms with Gasteiger partial charge in [0.15, 0.2) is 0 Å². The number of amides is 1. The fourth-order valence-electron chi connectivity index (χ4n) is 2.75. The molecular weight excluding hydrogens is 275 g/mol. The van der Waals surface area contributed by atoms with Gasteiger partial charge in [-0.05, 0) is 31.5 Å². The molecule has 114 valence electrons. The lowest BCUT2D eigenvalue weighted by Crippen LogP contribution is -2.40. The first-order chi connectivity index (χ1) is 9.97. The summed E-state index contributed by atoms with van der Waals surface area (Å²) in [6, 6.07) is 4.11. The van der Waals surface area contributed by atoms with Crippen LogP contribution in [0.15, 0.2) is 18.2 Å². The minimum absolute atomic E-state index is 0.0635. The van der Waals surface area contributed by atoms with Crippen molar-refractivity contribution < 1.29 is 19.1 Å². The van der Waals surface area contributed by atoms with Crippen LogP contribution in [0.5, 0.6) is 0 Å². The summed E-state index contributed by atoms with van der Waals surface area (Å²) in [4.78, 5) is 23.9. The second-order valence-electron chi connectivity index (χ2n) is 5.39. The zero-order valence-electron chi connectivity index (χ0n) is 11.7. The molecule has 0 spiro atoms. The third kappa shape index (κ3) is 4.01. The van der Waals surface area contributed by atoms with Crippen molar-refractivity contribution in [2.45, 2.75) is 38.3 Å². The third-order valence-electron chi connectivity index (χ3n) is 3.87. The molecule has 3 N–H and O–H groups in total. The van der Waals surface area contributed by atoms with E-state index in [-0.39, 0.29) is 18.0 Å². The Morgan fingerprint density at radius 3 is 2.76 bits per heavy atom.